The van der Waals surface area contributed by atoms with Gasteiger partial charge in [-0.1, -0.05) is 24.3 Å². The summed E-state index contributed by atoms with van der Waals surface area (Å²) in [6, 6.07) is 22.3. The van der Waals surface area contributed by atoms with Crippen LogP contribution < -0.4 is 10.6 Å². The van der Waals surface area contributed by atoms with E-state index in [2.05, 4.69) is 42.5 Å². The third-order valence-electron chi connectivity index (χ3n) is 5.43. The summed E-state index contributed by atoms with van der Waals surface area (Å²) in [5.41, 5.74) is 2.62. The number of nitrogens with one attached hydrogen (secondary N) is 2. The first-order chi connectivity index (χ1) is 18.1. The quantitative estimate of drug-likeness (QED) is 0.162. The molecule has 0 aliphatic rings. The molecular formula is C26H16Br2N4O6. The topological polar surface area (TPSA) is 144 Å². The average Bonchev–Trinajstić information content (AvgIpc) is 2.89. The molecule has 0 aliphatic heterocycles. The second-order valence-corrected chi connectivity index (χ2v) is 9.62. The van der Waals surface area contributed by atoms with Crippen LogP contribution in [0.25, 0.3) is 11.1 Å². The van der Waals surface area contributed by atoms with E-state index >= 15 is 0 Å². The van der Waals surface area contributed by atoms with Crippen LogP contribution in [0.1, 0.15) is 20.7 Å². The molecule has 12 heteroatoms. The van der Waals surface area contributed by atoms with Gasteiger partial charge in [0.25, 0.3) is 23.2 Å². The zero-order valence-corrected chi connectivity index (χ0v) is 22.4. The van der Waals surface area contributed by atoms with E-state index in [9.17, 15) is 29.8 Å². The number of benzene rings is 4. The summed E-state index contributed by atoms with van der Waals surface area (Å²) in [6.07, 6.45) is 0. The van der Waals surface area contributed by atoms with E-state index in [1.165, 1.54) is 36.4 Å². The van der Waals surface area contributed by atoms with Crippen molar-refractivity contribution in [2.24, 2.45) is 0 Å². The van der Waals surface area contributed by atoms with Gasteiger partial charge in [0, 0.05) is 34.6 Å². The molecule has 0 atom stereocenters. The zero-order valence-electron chi connectivity index (χ0n) is 19.2. The van der Waals surface area contributed by atoms with E-state index in [0.29, 0.717) is 11.4 Å². The lowest BCUT2D eigenvalue weighted by Crippen LogP contribution is -2.12. The molecular weight excluding hydrogens is 624 g/mol. The van der Waals surface area contributed by atoms with Crippen molar-refractivity contribution in [3.63, 3.8) is 0 Å². The van der Waals surface area contributed by atoms with Gasteiger partial charge in [0.1, 0.15) is 0 Å². The van der Waals surface area contributed by atoms with Crippen LogP contribution in [-0.4, -0.2) is 21.7 Å². The summed E-state index contributed by atoms with van der Waals surface area (Å²) in [4.78, 5) is 46.1. The molecule has 0 aliphatic carbocycles. The maximum absolute atomic E-state index is 12.5. The number of nitrogens with zero attached hydrogens (tertiary/aromatic N) is 2. The van der Waals surface area contributed by atoms with E-state index in [-0.39, 0.29) is 31.4 Å². The molecule has 0 spiro atoms. The minimum atomic E-state index is -0.570. The van der Waals surface area contributed by atoms with Gasteiger partial charge >= 0.3 is 0 Å². The van der Waals surface area contributed by atoms with E-state index < -0.39 is 21.7 Å². The minimum Gasteiger partial charge on any atom is -0.322 e. The predicted molar refractivity (Wildman–Crippen MR) is 149 cm³/mol. The summed E-state index contributed by atoms with van der Waals surface area (Å²) < 4.78 is 0.567. The van der Waals surface area contributed by atoms with Crippen LogP contribution in [-0.2, 0) is 0 Å². The van der Waals surface area contributed by atoms with Gasteiger partial charge in [-0.05, 0) is 91.5 Å². The molecule has 0 unspecified atom stereocenters. The highest BCUT2D eigenvalue weighted by Gasteiger charge is 2.17. The van der Waals surface area contributed by atoms with Crippen molar-refractivity contribution in [2.75, 3.05) is 10.6 Å². The number of hydrogen-bond donors (Lipinski definition) is 2. The first-order valence-electron chi connectivity index (χ1n) is 10.8. The molecule has 0 bridgehead atoms. The molecule has 0 fully saturated rings. The van der Waals surface area contributed by atoms with Crippen molar-refractivity contribution < 1.29 is 19.4 Å². The third kappa shape index (κ3) is 6.10. The minimum absolute atomic E-state index is 0.152. The molecule has 38 heavy (non-hydrogen) atoms. The Morgan fingerprint density at radius 3 is 1.24 bits per heavy atom. The summed E-state index contributed by atoms with van der Waals surface area (Å²) in [7, 11) is 0. The molecule has 0 saturated heterocycles. The Labute approximate surface area is 232 Å². The first-order valence-corrected chi connectivity index (χ1v) is 12.4. The Morgan fingerprint density at radius 1 is 0.579 bits per heavy atom. The predicted octanol–water partition coefficient (Wildman–Crippen LogP) is 7.20. The zero-order chi connectivity index (χ0) is 27.4. The van der Waals surface area contributed by atoms with Gasteiger partial charge < -0.3 is 10.6 Å². The molecule has 0 aromatic heterocycles. The number of nitro benzene ring substituents is 2. The smallest absolute Gasteiger partial charge is 0.284 e. The molecule has 2 N–H and O–H groups in total. The Bertz CT molecular complexity index is 1460. The number of rotatable bonds is 7. The number of carbonyl (C=O) groups is 2. The number of anilines is 2. The molecule has 4 aromatic carbocycles. The highest BCUT2D eigenvalue weighted by molar-refractivity contribution is 9.11. The summed E-state index contributed by atoms with van der Waals surface area (Å²) in [5.74, 6) is -0.964. The van der Waals surface area contributed by atoms with Crippen molar-refractivity contribution in [1.29, 1.82) is 0 Å². The maximum atomic E-state index is 12.5. The number of carbonyl (C=O) groups excluding carboxylic acids is 2. The fourth-order valence-electron chi connectivity index (χ4n) is 3.49. The lowest BCUT2D eigenvalue weighted by Gasteiger charge is -2.09. The fraction of sp³-hybridized carbons (Fsp3) is 0. The van der Waals surface area contributed by atoms with Crippen LogP contribution in [0.2, 0.25) is 0 Å². The normalized spacial score (nSPS) is 10.5. The molecule has 0 radical (unpaired) electrons. The van der Waals surface area contributed by atoms with Gasteiger partial charge in [0.15, 0.2) is 0 Å². The summed E-state index contributed by atoms with van der Waals surface area (Å²) in [5, 5.41) is 27.6. The Balaban J connectivity index is 1.42. The Hall–Kier alpha value is -4.42. The van der Waals surface area contributed by atoms with Crippen molar-refractivity contribution in [2.45, 2.75) is 0 Å². The first kappa shape index (κ1) is 26.6. The lowest BCUT2D eigenvalue weighted by atomic mass is 10.0. The van der Waals surface area contributed by atoms with Gasteiger partial charge in [0.2, 0.25) is 0 Å². The molecule has 4 aromatic rings. The number of halogens is 2. The second-order valence-electron chi connectivity index (χ2n) is 7.91. The molecule has 190 valence electrons. The van der Waals surface area contributed by atoms with E-state index in [0.717, 1.165) is 11.1 Å². The van der Waals surface area contributed by atoms with Crippen LogP contribution in [0.4, 0.5) is 22.7 Å². The largest absolute Gasteiger partial charge is 0.322 e. The van der Waals surface area contributed by atoms with E-state index in [1.54, 1.807) is 48.5 Å². The van der Waals surface area contributed by atoms with Crippen molar-refractivity contribution >= 4 is 66.4 Å². The average molecular weight is 640 g/mol. The summed E-state index contributed by atoms with van der Waals surface area (Å²) >= 11 is 6.19. The number of nitro groups is 2. The molecule has 0 heterocycles. The number of amides is 2. The van der Waals surface area contributed by atoms with Crippen LogP contribution in [0, 0.1) is 20.2 Å². The molecule has 10 nitrogen and oxygen atoms in total. The monoisotopic (exact) mass is 638 g/mol. The van der Waals surface area contributed by atoms with E-state index in [1.807, 2.05) is 0 Å². The maximum Gasteiger partial charge on any atom is 0.284 e. The number of hydrogen-bond acceptors (Lipinski definition) is 6. The molecule has 2 amide bonds. The SMILES string of the molecule is O=C(Nc1ccc(-c2ccc(NC(=O)c3ccc(Br)c([N+](=O)[O-])c3)cc2)cc1)c1ccc(Br)c([N+](=O)[O-])c1. The van der Waals surface area contributed by atoms with Gasteiger partial charge in [-0.3, -0.25) is 29.8 Å². The van der Waals surface area contributed by atoms with Crippen molar-refractivity contribution in [1.82, 2.24) is 0 Å². The van der Waals surface area contributed by atoms with Crippen molar-refractivity contribution in [3.8, 4) is 11.1 Å². The van der Waals surface area contributed by atoms with Gasteiger partial charge in [-0.25, -0.2) is 0 Å². The van der Waals surface area contributed by atoms with Gasteiger partial charge in [0.05, 0.1) is 18.8 Å². The fourth-order valence-corrected chi connectivity index (χ4v) is 4.27. The van der Waals surface area contributed by atoms with Crippen LogP contribution in [0.15, 0.2) is 93.9 Å². The highest BCUT2D eigenvalue weighted by atomic mass is 79.9. The van der Waals surface area contributed by atoms with Crippen LogP contribution >= 0.6 is 31.9 Å². The molecule has 0 saturated carbocycles. The van der Waals surface area contributed by atoms with Gasteiger partial charge in [-0.2, -0.15) is 0 Å². The third-order valence-corrected chi connectivity index (χ3v) is 6.77. The lowest BCUT2D eigenvalue weighted by molar-refractivity contribution is -0.385. The van der Waals surface area contributed by atoms with E-state index in [4.69, 9.17) is 0 Å². The van der Waals surface area contributed by atoms with Crippen LogP contribution in [0.3, 0.4) is 0 Å². The molecule has 4 rings (SSSR count). The Morgan fingerprint density at radius 2 is 0.921 bits per heavy atom. The van der Waals surface area contributed by atoms with Crippen molar-refractivity contribution in [3.05, 3.63) is 125 Å². The highest BCUT2D eigenvalue weighted by Crippen LogP contribution is 2.28. The standard InChI is InChI=1S/C26H16Br2N4O6/c27-21-11-5-17(13-23(21)31(35)36)25(33)29-19-7-1-15(2-8-19)16-3-9-20(10-4-16)30-26(34)18-6-12-22(28)24(14-18)32(37)38/h1-14H,(H,29,33)(H,30,34). The summed E-state index contributed by atoms with van der Waals surface area (Å²) in [6.45, 7) is 0. The second kappa shape index (κ2) is 11.3. The van der Waals surface area contributed by atoms with Crippen LogP contribution in [0.5, 0.6) is 0 Å². The van der Waals surface area contributed by atoms with Gasteiger partial charge in [-0.15, -0.1) is 0 Å². The Kier molecular flexibility index (Phi) is 7.93.